The average molecular weight is 386 g/mol. The van der Waals surface area contributed by atoms with Gasteiger partial charge in [-0.3, -0.25) is 19.4 Å². The number of benzene rings is 1. The summed E-state index contributed by atoms with van der Waals surface area (Å²) in [7, 11) is 3.30. The van der Waals surface area contributed by atoms with Crippen LogP contribution in [-0.4, -0.2) is 58.8 Å². The molecular weight excluding hydrogens is 364 g/mol. The number of nitrogens with zero attached hydrogens (tertiary/aromatic N) is 4. The SMILES string of the molecule is CN(C(=O)CN1C(=O)N(C)C2(CCCCC2)C1=O)c1nc2ccccc2s1. The summed E-state index contributed by atoms with van der Waals surface area (Å²) in [5, 5.41) is 0.557. The first-order valence-electron chi connectivity index (χ1n) is 9.16. The quantitative estimate of drug-likeness (QED) is 0.761. The van der Waals surface area contributed by atoms with Crippen LogP contribution in [0.2, 0.25) is 0 Å². The Balaban J connectivity index is 1.53. The fourth-order valence-corrected chi connectivity index (χ4v) is 4.97. The number of carbonyl (C=O) groups is 3. The molecule has 7 nitrogen and oxygen atoms in total. The highest BCUT2D eigenvalue weighted by Gasteiger charge is 2.55. The van der Waals surface area contributed by atoms with Crippen molar-refractivity contribution in [3.63, 3.8) is 0 Å². The van der Waals surface area contributed by atoms with E-state index in [0.29, 0.717) is 18.0 Å². The molecule has 1 aromatic carbocycles. The number of hydrogen-bond donors (Lipinski definition) is 0. The highest BCUT2D eigenvalue weighted by atomic mass is 32.1. The van der Waals surface area contributed by atoms with E-state index in [2.05, 4.69) is 4.98 Å². The van der Waals surface area contributed by atoms with Crippen molar-refractivity contribution in [1.82, 2.24) is 14.8 Å². The Bertz CT molecular complexity index is 886. The van der Waals surface area contributed by atoms with Crippen LogP contribution in [-0.2, 0) is 9.59 Å². The molecule has 0 radical (unpaired) electrons. The number of imide groups is 1. The normalized spacial score (nSPS) is 19.3. The molecule has 2 fully saturated rings. The first-order chi connectivity index (χ1) is 12.9. The third-order valence-corrected chi connectivity index (χ3v) is 6.83. The smallest absolute Gasteiger partial charge is 0.313 e. The molecule has 0 unspecified atom stereocenters. The molecule has 1 saturated heterocycles. The van der Waals surface area contributed by atoms with Gasteiger partial charge in [-0.05, 0) is 25.0 Å². The lowest BCUT2D eigenvalue weighted by atomic mass is 9.81. The molecule has 4 amide bonds. The summed E-state index contributed by atoms with van der Waals surface area (Å²) >= 11 is 1.41. The van der Waals surface area contributed by atoms with Gasteiger partial charge < -0.3 is 4.90 Å². The van der Waals surface area contributed by atoms with E-state index in [0.717, 1.165) is 34.4 Å². The van der Waals surface area contributed by atoms with Gasteiger partial charge in [-0.15, -0.1) is 0 Å². The molecule has 1 saturated carbocycles. The van der Waals surface area contributed by atoms with Gasteiger partial charge in [0.1, 0.15) is 12.1 Å². The number of urea groups is 1. The van der Waals surface area contributed by atoms with E-state index in [-0.39, 0.29) is 24.4 Å². The molecule has 1 aromatic heterocycles. The molecule has 0 atom stereocenters. The predicted molar refractivity (Wildman–Crippen MR) is 104 cm³/mol. The number of para-hydroxylation sites is 1. The Morgan fingerprint density at radius 2 is 1.93 bits per heavy atom. The van der Waals surface area contributed by atoms with E-state index in [1.54, 1.807) is 19.0 Å². The maximum absolute atomic E-state index is 13.0. The highest BCUT2D eigenvalue weighted by Crippen LogP contribution is 2.39. The Labute approximate surface area is 161 Å². The molecule has 27 heavy (non-hydrogen) atoms. The lowest BCUT2D eigenvalue weighted by Crippen LogP contribution is -2.49. The van der Waals surface area contributed by atoms with Crippen LogP contribution in [0.5, 0.6) is 0 Å². The van der Waals surface area contributed by atoms with E-state index in [4.69, 9.17) is 0 Å². The molecule has 0 bridgehead atoms. The minimum atomic E-state index is -0.760. The molecule has 2 aromatic rings. The number of likely N-dealkylation sites (N-methyl/N-ethyl adjacent to an activating group) is 2. The van der Waals surface area contributed by atoms with E-state index in [1.807, 2.05) is 24.3 Å². The molecule has 142 valence electrons. The van der Waals surface area contributed by atoms with Gasteiger partial charge in [0.25, 0.3) is 5.91 Å². The zero-order valence-corrected chi connectivity index (χ0v) is 16.3. The highest BCUT2D eigenvalue weighted by molar-refractivity contribution is 7.22. The zero-order valence-electron chi connectivity index (χ0n) is 15.5. The summed E-state index contributed by atoms with van der Waals surface area (Å²) in [6, 6.07) is 7.28. The van der Waals surface area contributed by atoms with Crippen molar-refractivity contribution in [2.45, 2.75) is 37.6 Å². The van der Waals surface area contributed by atoms with Gasteiger partial charge >= 0.3 is 6.03 Å². The molecule has 2 heterocycles. The number of aromatic nitrogens is 1. The third-order valence-electron chi connectivity index (χ3n) is 5.72. The van der Waals surface area contributed by atoms with E-state index in [1.165, 1.54) is 16.2 Å². The topological polar surface area (TPSA) is 73.8 Å². The van der Waals surface area contributed by atoms with Crippen LogP contribution < -0.4 is 4.90 Å². The second-order valence-electron chi connectivity index (χ2n) is 7.24. The number of thiazole rings is 1. The van der Waals surface area contributed by atoms with Crippen molar-refractivity contribution >= 4 is 44.5 Å². The van der Waals surface area contributed by atoms with Gasteiger partial charge in [-0.2, -0.15) is 0 Å². The van der Waals surface area contributed by atoms with E-state index >= 15 is 0 Å². The molecule has 4 rings (SSSR count). The fourth-order valence-electron chi connectivity index (χ4n) is 4.02. The average Bonchev–Trinajstić information content (AvgIpc) is 3.19. The van der Waals surface area contributed by atoms with E-state index in [9.17, 15) is 14.4 Å². The fraction of sp³-hybridized carbons (Fsp3) is 0.474. The van der Waals surface area contributed by atoms with Crippen LogP contribution in [0.25, 0.3) is 10.2 Å². The lowest BCUT2D eigenvalue weighted by Gasteiger charge is -2.35. The molecule has 1 aliphatic heterocycles. The van der Waals surface area contributed by atoms with Crippen molar-refractivity contribution in [3.8, 4) is 0 Å². The van der Waals surface area contributed by atoms with E-state index < -0.39 is 5.54 Å². The maximum atomic E-state index is 13.0. The zero-order chi connectivity index (χ0) is 19.2. The van der Waals surface area contributed by atoms with Crippen LogP contribution in [0.15, 0.2) is 24.3 Å². The summed E-state index contributed by atoms with van der Waals surface area (Å²) in [6.45, 7) is -0.254. The summed E-state index contributed by atoms with van der Waals surface area (Å²) in [5.74, 6) is -0.558. The molecule has 2 aliphatic rings. The third kappa shape index (κ3) is 2.79. The number of amides is 4. The molecule has 0 N–H and O–H groups in total. The van der Waals surface area contributed by atoms with Crippen molar-refractivity contribution in [2.24, 2.45) is 0 Å². The number of rotatable bonds is 3. The van der Waals surface area contributed by atoms with Crippen LogP contribution in [0, 0.1) is 0 Å². The Morgan fingerprint density at radius 1 is 1.22 bits per heavy atom. The van der Waals surface area contributed by atoms with Crippen molar-refractivity contribution in [1.29, 1.82) is 0 Å². The summed E-state index contributed by atoms with van der Waals surface area (Å²) in [4.78, 5) is 47.0. The summed E-state index contributed by atoms with van der Waals surface area (Å²) in [6.07, 6.45) is 4.28. The Hall–Kier alpha value is -2.48. The van der Waals surface area contributed by atoms with Gasteiger partial charge in [0.15, 0.2) is 5.13 Å². The van der Waals surface area contributed by atoms with Crippen molar-refractivity contribution < 1.29 is 14.4 Å². The van der Waals surface area contributed by atoms with Crippen LogP contribution in [0.4, 0.5) is 9.93 Å². The van der Waals surface area contributed by atoms with Crippen molar-refractivity contribution in [3.05, 3.63) is 24.3 Å². The van der Waals surface area contributed by atoms with Crippen molar-refractivity contribution in [2.75, 3.05) is 25.5 Å². The second kappa shape index (κ2) is 6.60. The Morgan fingerprint density at radius 3 is 2.63 bits per heavy atom. The number of fused-ring (bicyclic) bond motifs is 1. The first-order valence-corrected chi connectivity index (χ1v) is 9.97. The van der Waals surface area contributed by atoms with Gasteiger partial charge in [0.2, 0.25) is 5.91 Å². The molecule has 8 heteroatoms. The lowest BCUT2D eigenvalue weighted by molar-refractivity contribution is -0.136. The van der Waals surface area contributed by atoms with Gasteiger partial charge in [0.05, 0.1) is 10.2 Å². The maximum Gasteiger partial charge on any atom is 0.327 e. The number of hydrogen-bond acceptors (Lipinski definition) is 5. The largest absolute Gasteiger partial charge is 0.327 e. The summed E-state index contributed by atoms with van der Waals surface area (Å²) in [5.41, 5.74) is 0.0655. The monoisotopic (exact) mass is 386 g/mol. The first kappa shape index (κ1) is 17.9. The van der Waals surface area contributed by atoms with Crippen LogP contribution >= 0.6 is 11.3 Å². The minimum Gasteiger partial charge on any atom is -0.313 e. The number of carbonyl (C=O) groups excluding carboxylic acids is 3. The number of anilines is 1. The van der Waals surface area contributed by atoms with Crippen LogP contribution in [0.1, 0.15) is 32.1 Å². The van der Waals surface area contributed by atoms with Gasteiger partial charge in [-0.25, -0.2) is 9.78 Å². The van der Waals surface area contributed by atoms with Gasteiger partial charge in [0, 0.05) is 14.1 Å². The van der Waals surface area contributed by atoms with Gasteiger partial charge in [-0.1, -0.05) is 42.7 Å². The molecular formula is C19H22N4O3S. The van der Waals surface area contributed by atoms with Crippen LogP contribution in [0.3, 0.4) is 0 Å². The Kier molecular flexibility index (Phi) is 4.38. The second-order valence-corrected chi connectivity index (χ2v) is 8.25. The summed E-state index contributed by atoms with van der Waals surface area (Å²) < 4.78 is 0.987. The predicted octanol–water partition coefficient (Wildman–Crippen LogP) is 2.86. The standard InChI is InChI=1S/C19H22N4O3S/c1-21(17-20-13-8-4-5-9-14(13)27-17)15(24)12-23-16(25)19(22(2)18(23)26)10-6-3-7-11-19/h4-5,8-9H,3,6-7,10-12H2,1-2H3. The minimum absolute atomic E-state index is 0.235. The molecule has 1 aliphatic carbocycles. The molecule has 1 spiro atoms.